The van der Waals surface area contributed by atoms with E-state index in [0.717, 1.165) is 0 Å². The van der Waals surface area contributed by atoms with Gasteiger partial charge in [0.15, 0.2) is 0 Å². The molecule has 2 unspecified atom stereocenters. The van der Waals surface area contributed by atoms with E-state index < -0.39 is 12.0 Å². The zero-order valence-electron chi connectivity index (χ0n) is 10.2. The van der Waals surface area contributed by atoms with Crippen molar-refractivity contribution in [3.8, 4) is 0 Å². The van der Waals surface area contributed by atoms with Gasteiger partial charge >= 0.3 is 5.97 Å². The van der Waals surface area contributed by atoms with Crippen LogP contribution in [0, 0.1) is 6.92 Å². The monoisotopic (exact) mass is 251 g/mol. The normalized spacial score (nSPS) is 27.0. The fraction of sp³-hybridized carbons (Fsp3) is 0.462. The molecule has 0 aromatic heterocycles. The van der Waals surface area contributed by atoms with Crippen molar-refractivity contribution in [3.63, 3.8) is 0 Å². The third kappa shape index (κ3) is 2.33. The van der Waals surface area contributed by atoms with Gasteiger partial charge in [-0.25, -0.2) is 0 Å². The maximum absolute atomic E-state index is 11.2. The van der Waals surface area contributed by atoms with Gasteiger partial charge in [-0.3, -0.25) is 10.1 Å². The predicted molar refractivity (Wildman–Crippen MR) is 70.1 cm³/mol. The van der Waals surface area contributed by atoms with Crippen LogP contribution in [0.15, 0.2) is 24.3 Å². The molecule has 0 amide bonds. The minimum Gasteiger partial charge on any atom is -0.480 e. The van der Waals surface area contributed by atoms with E-state index in [0.29, 0.717) is 0 Å². The van der Waals surface area contributed by atoms with Gasteiger partial charge in [-0.2, -0.15) is 0 Å². The van der Waals surface area contributed by atoms with Crippen LogP contribution in [0.1, 0.15) is 30.3 Å². The molecule has 2 rings (SSSR count). The summed E-state index contributed by atoms with van der Waals surface area (Å²) in [5.74, 6) is -0.779. The molecular formula is C13H17NO2S. The molecule has 92 valence electrons. The highest BCUT2D eigenvalue weighted by atomic mass is 32.2. The van der Waals surface area contributed by atoms with Crippen LogP contribution in [0.3, 0.4) is 0 Å². The van der Waals surface area contributed by atoms with Crippen molar-refractivity contribution in [2.45, 2.75) is 36.9 Å². The first-order valence-electron chi connectivity index (χ1n) is 5.64. The minimum absolute atomic E-state index is 0.0623. The summed E-state index contributed by atoms with van der Waals surface area (Å²) in [5, 5.41) is 12.5. The molecule has 3 nitrogen and oxygen atoms in total. The van der Waals surface area contributed by atoms with Crippen LogP contribution in [-0.4, -0.2) is 21.9 Å². The summed E-state index contributed by atoms with van der Waals surface area (Å²) in [6.07, 6.45) is 0. The van der Waals surface area contributed by atoms with Crippen molar-refractivity contribution in [2.24, 2.45) is 0 Å². The van der Waals surface area contributed by atoms with Crippen LogP contribution in [0.25, 0.3) is 0 Å². The number of aryl methyl sites for hydroxylation is 1. The van der Waals surface area contributed by atoms with E-state index in [1.54, 1.807) is 11.8 Å². The largest absolute Gasteiger partial charge is 0.480 e. The summed E-state index contributed by atoms with van der Waals surface area (Å²) in [5.41, 5.74) is 2.37. The number of carboxylic acids is 1. The smallest absolute Gasteiger partial charge is 0.322 e. The van der Waals surface area contributed by atoms with Gasteiger partial charge in [0.1, 0.15) is 6.04 Å². The molecule has 1 aromatic carbocycles. The molecule has 17 heavy (non-hydrogen) atoms. The van der Waals surface area contributed by atoms with E-state index in [2.05, 4.69) is 24.4 Å². The highest BCUT2D eigenvalue weighted by Crippen LogP contribution is 2.46. The first-order chi connectivity index (χ1) is 7.92. The third-order valence-electron chi connectivity index (χ3n) is 3.15. The van der Waals surface area contributed by atoms with Gasteiger partial charge in [0.05, 0.1) is 5.37 Å². The van der Waals surface area contributed by atoms with Gasteiger partial charge in [-0.05, 0) is 31.9 Å². The van der Waals surface area contributed by atoms with E-state index in [-0.39, 0.29) is 10.1 Å². The molecule has 1 aromatic rings. The molecule has 2 N–H and O–H groups in total. The molecule has 4 heteroatoms. The molecule has 2 atom stereocenters. The lowest BCUT2D eigenvalue weighted by atomic mass is 10.0. The number of carbonyl (C=O) groups is 1. The molecule has 1 aliphatic rings. The van der Waals surface area contributed by atoms with Crippen LogP contribution in [0.2, 0.25) is 0 Å². The quantitative estimate of drug-likeness (QED) is 0.848. The topological polar surface area (TPSA) is 49.3 Å². The number of carboxylic acid groups (broad SMARTS) is 1. The van der Waals surface area contributed by atoms with E-state index >= 15 is 0 Å². The van der Waals surface area contributed by atoms with Crippen LogP contribution < -0.4 is 5.32 Å². The molecule has 0 spiro atoms. The van der Waals surface area contributed by atoms with Crippen molar-refractivity contribution < 1.29 is 9.90 Å². The highest BCUT2D eigenvalue weighted by Gasteiger charge is 2.45. The lowest BCUT2D eigenvalue weighted by molar-refractivity contribution is -0.139. The standard InChI is InChI=1S/C13H17NO2S/c1-8-6-4-5-7-9(8)11-14-10(12(15)16)13(2,3)17-11/h4-7,10-11,14H,1-3H3,(H,15,16). The van der Waals surface area contributed by atoms with Crippen molar-refractivity contribution in [3.05, 3.63) is 35.4 Å². The molecule has 0 bridgehead atoms. The number of hydrogen-bond acceptors (Lipinski definition) is 3. The first-order valence-corrected chi connectivity index (χ1v) is 6.52. The number of nitrogens with one attached hydrogen (secondary N) is 1. The zero-order chi connectivity index (χ0) is 12.6. The van der Waals surface area contributed by atoms with E-state index in [1.165, 1.54) is 11.1 Å². The Morgan fingerprint density at radius 2 is 2.06 bits per heavy atom. The number of hydrogen-bond donors (Lipinski definition) is 2. The Hall–Kier alpha value is -1.00. The second-order valence-electron chi connectivity index (χ2n) is 4.90. The Labute approximate surface area is 106 Å². The Kier molecular flexibility index (Phi) is 3.19. The Bertz CT molecular complexity index is 445. The molecule has 1 fully saturated rings. The van der Waals surface area contributed by atoms with Crippen molar-refractivity contribution in [2.75, 3.05) is 0 Å². The molecular weight excluding hydrogens is 234 g/mol. The summed E-state index contributed by atoms with van der Waals surface area (Å²) in [6.45, 7) is 6.00. The van der Waals surface area contributed by atoms with Crippen molar-refractivity contribution in [1.29, 1.82) is 0 Å². The lowest BCUT2D eigenvalue weighted by Crippen LogP contribution is -2.43. The second-order valence-corrected chi connectivity index (χ2v) is 6.66. The summed E-state index contributed by atoms with van der Waals surface area (Å²) in [6, 6.07) is 7.60. The third-order valence-corrected chi connectivity index (χ3v) is 4.62. The van der Waals surface area contributed by atoms with Crippen LogP contribution in [0.5, 0.6) is 0 Å². The molecule has 0 aliphatic carbocycles. The fourth-order valence-corrected chi connectivity index (χ4v) is 3.67. The van der Waals surface area contributed by atoms with Gasteiger partial charge in [-0.1, -0.05) is 24.3 Å². The number of aliphatic carboxylic acids is 1. The number of benzene rings is 1. The maximum Gasteiger partial charge on any atom is 0.322 e. The Balaban J connectivity index is 2.28. The van der Waals surface area contributed by atoms with Crippen LogP contribution >= 0.6 is 11.8 Å². The molecule has 0 radical (unpaired) electrons. The predicted octanol–water partition coefficient (Wildman–Crippen LogP) is 2.56. The second kappa shape index (κ2) is 4.35. The van der Waals surface area contributed by atoms with Crippen molar-refractivity contribution in [1.82, 2.24) is 5.32 Å². The van der Waals surface area contributed by atoms with E-state index in [1.807, 2.05) is 26.0 Å². The minimum atomic E-state index is -0.779. The molecule has 1 heterocycles. The molecule has 0 saturated carbocycles. The van der Waals surface area contributed by atoms with Crippen LogP contribution in [-0.2, 0) is 4.79 Å². The van der Waals surface area contributed by atoms with Crippen molar-refractivity contribution >= 4 is 17.7 Å². The number of thioether (sulfide) groups is 1. The fourth-order valence-electron chi connectivity index (χ4n) is 2.16. The summed E-state index contributed by atoms with van der Waals surface area (Å²) >= 11 is 1.68. The zero-order valence-corrected chi connectivity index (χ0v) is 11.0. The lowest BCUT2D eigenvalue weighted by Gasteiger charge is -2.20. The van der Waals surface area contributed by atoms with Gasteiger partial charge in [0.2, 0.25) is 0 Å². The maximum atomic E-state index is 11.2. The molecule has 1 aliphatic heterocycles. The Morgan fingerprint density at radius 3 is 2.59 bits per heavy atom. The first kappa shape index (κ1) is 12.5. The van der Waals surface area contributed by atoms with Gasteiger partial charge < -0.3 is 5.11 Å². The summed E-state index contributed by atoms with van der Waals surface area (Å²) in [4.78, 5) is 11.2. The summed E-state index contributed by atoms with van der Waals surface area (Å²) in [7, 11) is 0. The highest BCUT2D eigenvalue weighted by molar-refractivity contribution is 8.01. The summed E-state index contributed by atoms with van der Waals surface area (Å²) < 4.78 is -0.293. The molecule has 1 saturated heterocycles. The van der Waals surface area contributed by atoms with Gasteiger partial charge in [0.25, 0.3) is 0 Å². The van der Waals surface area contributed by atoms with Gasteiger partial charge in [0, 0.05) is 4.75 Å². The number of rotatable bonds is 2. The van der Waals surface area contributed by atoms with E-state index in [4.69, 9.17) is 0 Å². The average molecular weight is 251 g/mol. The SMILES string of the molecule is Cc1ccccc1C1NC(C(=O)O)C(C)(C)S1. The van der Waals surface area contributed by atoms with E-state index in [9.17, 15) is 9.90 Å². The Morgan fingerprint density at radius 1 is 1.41 bits per heavy atom. The van der Waals surface area contributed by atoms with Gasteiger partial charge in [-0.15, -0.1) is 11.8 Å². The average Bonchev–Trinajstić information content (AvgIpc) is 2.55. The van der Waals surface area contributed by atoms with Crippen LogP contribution in [0.4, 0.5) is 0 Å².